The van der Waals surface area contributed by atoms with Crippen LogP contribution in [-0.2, 0) is 25.5 Å². The second-order valence-corrected chi connectivity index (χ2v) is 9.05. The van der Waals surface area contributed by atoms with Crippen molar-refractivity contribution in [1.29, 1.82) is 5.26 Å². The zero-order chi connectivity index (χ0) is 25.5. The van der Waals surface area contributed by atoms with E-state index in [9.17, 15) is 19.6 Å². The maximum Gasteiger partial charge on any atom is 0.328 e. The molecule has 1 aliphatic rings. The van der Waals surface area contributed by atoms with E-state index in [1.165, 1.54) is 18.9 Å². The lowest BCUT2D eigenvalue weighted by molar-refractivity contribution is -0.157. The Morgan fingerprint density at radius 1 is 1.20 bits per heavy atom. The highest BCUT2D eigenvalue weighted by molar-refractivity contribution is 5.91. The first kappa shape index (κ1) is 25.8. The lowest BCUT2D eigenvalue weighted by atomic mass is 9.95. The molecule has 0 saturated carbocycles. The molecule has 2 aromatic rings. The number of nitriles is 1. The van der Waals surface area contributed by atoms with E-state index >= 15 is 0 Å². The monoisotopic (exact) mass is 477 g/mol. The van der Waals surface area contributed by atoms with Gasteiger partial charge in [-0.1, -0.05) is 44.2 Å². The van der Waals surface area contributed by atoms with Crippen molar-refractivity contribution in [2.75, 3.05) is 13.7 Å². The minimum atomic E-state index is -0.905. The first-order chi connectivity index (χ1) is 16.7. The predicted octanol–water partition coefficient (Wildman–Crippen LogP) is 3.16. The summed E-state index contributed by atoms with van der Waals surface area (Å²) in [6.45, 7) is 5.40. The minimum absolute atomic E-state index is 0.0787. The van der Waals surface area contributed by atoms with Gasteiger partial charge >= 0.3 is 5.97 Å². The molecule has 8 heteroatoms. The molecule has 0 aliphatic carbocycles. The third-order valence-corrected chi connectivity index (χ3v) is 5.95. The Balaban J connectivity index is 2.09. The van der Waals surface area contributed by atoms with Crippen molar-refractivity contribution < 1.29 is 23.9 Å². The number of rotatable bonds is 9. The van der Waals surface area contributed by atoms with Crippen molar-refractivity contribution in [2.24, 2.45) is 5.92 Å². The third kappa shape index (κ3) is 6.18. The van der Waals surface area contributed by atoms with Gasteiger partial charge in [0.25, 0.3) is 0 Å². The van der Waals surface area contributed by atoms with E-state index in [-0.39, 0.29) is 24.9 Å². The summed E-state index contributed by atoms with van der Waals surface area (Å²) in [6, 6.07) is 14.1. The molecular formula is C27H31N3O5. The number of amides is 2. The van der Waals surface area contributed by atoms with Crippen LogP contribution in [0.5, 0.6) is 5.75 Å². The van der Waals surface area contributed by atoms with Crippen molar-refractivity contribution in [2.45, 2.75) is 51.7 Å². The summed E-state index contributed by atoms with van der Waals surface area (Å²) < 4.78 is 10.9. The highest BCUT2D eigenvalue weighted by Crippen LogP contribution is 2.39. The number of fused-ring (bicyclic) bond motifs is 1. The summed E-state index contributed by atoms with van der Waals surface area (Å²) in [4.78, 5) is 40.7. The van der Waals surface area contributed by atoms with Crippen molar-refractivity contribution in [3.63, 3.8) is 0 Å². The highest BCUT2D eigenvalue weighted by atomic mass is 16.5. The zero-order valence-corrected chi connectivity index (χ0v) is 20.5. The Kier molecular flexibility index (Phi) is 8.48. The van der Waals surface area contributed by atoms with Crippen LogP contribution < -0.4 is 10.1 Å². The zero-order valence-electron chi connectivity index (χ0n) is 20.5. The highest BCUT2D eigenvalue weighted by Gasteiger charge is 2.43. The molecule has 0 bridgehead atoms. The average molecular weight is 478 g/mol. The van der Waals surface area contributed by atoms with Gasteiger partial charge < -0.3 is 19.7 Å². The first-order valence-corrected chi connectivity index (χ1v) is 11.6. The number of hydrogen-bond acceptors (Lipinski definition) is 6. The van der Waals surface area contributed by atoms with Gasteiger partial charge in [0.2, 0.25) is 11.8 Å². The van der Waals surface area contributed by atoms with Crippen LogP contribution in [0.4, 0.5) is 0 Å². The number of nitrogens with one attached hydrogen (secondary N) is 1. The number of nitrogens with zero attached hydrogens (tertiary/aromatic N) is 2. The molecule has 0 radical (unpaired) electrons. The van der Waals surface area contributed by atoms with E-state index in [4.69, 9.17) is 9.47 Å². The van der Waals surface area contributed by atoms with Crippen molar-refractivity contribution in [3.05, 3.63) is 65.2 Å². The molecule has 0 saturated heterocycles. The van der Waals surface area contributed by atoms with Gasteiger partial charge in [0.15, 0.2) is 0 Å². The smallest absolute Gasteiger partial charge is 0.328 e. The molecule has 1 heterocycles. The summed E-state index contributed by atoms with van der Waals surface area (Å²) in [6.07, 6.45) is 0.615. The molecule has 2 aromatic carbocycles. The molecule has 3 rings (SSSR count). The molecule has 0 aromatic heterocycles. The third-order valence-electron chi connectivity index (χ3n) is 5.95. The number of benzene rings is 2. The van der Waals surface area contributed by atoms with Crippen LogP contribution >= 0.6 is 0 Å². The van der Waals surface area contributed by atoms with Crippen LogP contribution in [0.1, 0.15) is 49.9 Å². The Morgan fingerprint density at radius 3 is 2.51 bits per heavy atom. The number of ether oxygens (including phenoxy) is 2. The maximum absolute atomic E-state index is 14.2. The van der Waals surface area contributed by atoms with E-state index in [0.717, 1.165) is 5.56 Å². The van der Waals surface area contributed by atoms with Crippen LogP contribution in [0.25, 0.3) is 0 Å². The fourth-order valence-corrected chi connectivity index (χ4v) is 4.40. The van der Waals surface area contributed by atoms with E-state index in [1.807, 2.05) is 44.2 Å². The van der Waals surface area contributed by atoms with Crippen LogP contribution in [0, 0.1) is 17.2 Å². The van der Waals surface area contributed by atoms with Crippen molar-refractivity contribution in [3.8, 4) is 11.8 Å². The van der Waals surface area contributed by atoms with Crippen LogP contribution in [0.2, 0.25) is 0 Å². The molecule has 1 N–H and O–H groups in total. The summed E-state index contributed by atoms with van der Waals surface area (Å²) in [5.41, 5.74) is 1.94. The summed E-state index contributed by atoms with van der Waals surface area (Å²) >= 11 is 0. The molecule has 0 fully saturated rings. The largest absolute Gasteiger partial charge is 0.491 e. The lowest BCUT2D eigenvalue weighted by Crippen LogP contribution is -2.56. The van der Waals surface area contributed by atoms with E-state index in [1.54, 1.807) is 18.2 Å². The second-order valence-electron chi connectivity index (χ2n) is 9.05. The van der Waals surface area contributed by atoms with E-state index in [2.05, 4.69) is 11.4 Å². The predicted molar refractivity (Wildman–Crippen MR) is 129 cm³/mol. The van der Waals surface area contributed by atoms with Crippen molar-refractivity contribution in [1.82, 2.24) is 10.2 Å². The van der Waals surface area contributed by atoms with Gasteiger partial charge in [-0.2, -0.15) is 5.26 Å². The summed E-state index contributed by atoms with van der Waals surface area (Å²) in [5.74, 6) is -0.677. The van der Waals surface area contributed by atoms with Gasteiger partial charge in [-0.05, 0) is 36.1 Å². The number of carbonyl (C=O) groups excluding carboxylic acids is 3. The SMILES string of the molecule is COC(=O)[C@H](CC(C)C)N(C(=O)C(Cc1ccccc1)NC(C)=O)[C@@H]1COc2ccc(C#N)cc21. The Morgan fingerprint density at radius 2 is 1.91 bits per heavy atom. The topological polar surface area (TPSA) is 109 Å². The molecule has 0 spiro atoms. The molecule has 184 valence electrons. The Hall–Kier alpha value is -3.86. The van der Waals surface area contributed by atoms with Gasteiger partial charge in [-0.15, -0.1) is 0 Å². The van der Waals surface area contributed by atoms with Gasteiger partial charge in [-0.25, -0.2) is 4.79 Å². The molecule has 3 atom stereocenters. The van der Waals surface area contributed by atoms with Crippen molar-refractivity contribution >= 4 is 17.8 Å². The average Bonchev–Trinajstić information content (AvgIpc) is 3.25. The molecule has 8 nitrogen and oxygen atoms in total. The Labute approximate surface area is 205 Å². The molecular weight excluding hydrogens is 446 g/mol. The van der Waals surface area contributed by atoms with Gasteiger partial charge in [-0.3, -0.25) is 9.59 Å². The Bertz CT molecular complexity index is 1110. The number of esters is 1. The van der Waals surface area contributed by atoms with Crippen LogP contribution in [0.15, 0.2) is 48.5 Å². The molecule has 1 aliphatic heterocycles. The number of carbonyl (C=O) groups is 3. The summed E-state index contributed by atoms with van der Waals surface area (Å²) in [5, 5.41) is 12.2. The van der Waals surface area contributed by atoms with Gasteiger partial charge in [0.1, 0.15) is 24.4 Å². The van der Waals surface area contributed by atoms with Gasteiger partial charge in [0.05, 0.1) is 24.8 Å². The van der Waals surface area contributed by atoms with E-state index in [0.29, 0.717) is 23.3 Å². The fourth-order valence-electron chi connectivity index (χ4n) is 4.40. The van der Waals surface area contributed by atoms with Crippen LogP contribution in [-0.4, -0.2) is 48.5 Å². The minimum Gasteiger partial charge on any atom is -0.491 e. The number of hydrogen-bond donors (Lipinski definition) is 1. The molecule has 1 unspecified atom stereocenters. The van der Waals surface area contributed by atoms with Crippen LogP contribution in [0.3, 0.4) is 0 Å². The normalized spacial score (nSPS) is 15.8. The lowest BCUT2D eigenvalue weighted by Gasteiger charge is -2.37. The van der Waals surface area contributed by atoms with E-state index < -0.39 is 30.0 Å². The fraction of sp³-hybridized carbons (Fsp3) is 0.407. The number of methoxy groups -OCH3 is 1. The summed E-state index contributed by atoms with van der Waals surface area (Å²) in [7, 11) is 1.29. The standard InChI is InChI=1S/C27H31N3O5/c1-17(2)12-23(27(33)34-4)30(24-16-35-25-11-10-20(15-28)13-21(24)25)26(32)22(29-18(3)31)14-19-8-6-5-7-9-19/h5-11,13,17,22-24H,12,14,16H2,1-4H3,(H,29,31)/t22?,23-,24+/m0/s1. The molecule has 2 amide bonds. The maximum atomic E-state index is 14.2. The quantitative estimate of drug-likeness (QED) is 0.556. The first-order valence-electron chi connectivity index (χ1n) is 11.6. The molecule has 35 heavy (non-hydrogen) atoms. The van der Waals surface area contributed by atoms with Gasteiger partial charge in [0, 0.05) is 18.9 Å². The second kappa shape index (κ2) is 11.5.